The number of carbonyl (C=O) groups is 1. The molecule has 0 rings (SSSR count). The second kappa shape index (κ2) is 7.66. The monoisotopic (exact) mass is 264 g/mol. The first-order valence-corrected chi connectivity index (χ1v) is 7.84. The van der Waals surface area contributed by atoms with Gasteiger partial charge in [-0.25, -0.2) is 8.42 Å². The molecule has 0 aliphatic heterocycles. The zero-order chi connectivity index (χ0) is 13.5. The largest absolute Gasteiger partial charge is 0.355 e. The Balaban J connectivity index is 4.35. The summed E-state index contributed by atoms with van der Waals surface area (Å²) in [7, 11) is -3.31. The number of sulfonamides is 1. The highest BCUT2D eigenvalue weighted by molar-refractivity contribution is 7.88. The quantitative estimate of drug-likeness (QED) is 0.706. The Morgan fingerprint density at radius 1 is 1.35 bits per heavy atom. The van der Waals surface area contributed by atoms with Crippen molar-refractivity contribution in [2.75, 3.05) is 25.9 Å². The Labute approximate surface area is 105 Å². The molecule has 1 amide bonds. The Morgan fingerprint density at radius 2 is 1.94 bits per heavy atom. The number of hydrogen-bond donors (Lipinski definition) is 1. The summed E-state index contributed by atoms with van der Waals surface area (Å²) in [6, 6.07) is 0. The minimum absolute atomic E-state index is 0.0778. The molecule has 6 heteroatoms. The first kappa shape index (κ1) is 16.4. The third kappa shape index (κ3) is 8.15. The molecule has 17 heavy (non-hydrogen) atoms. The Kier molecular flexibility index (Phi) is 7.38. The topological polar surface area (TPSA) is 66.5 Å². The molecule has 0 aliphatic carbocycles. The maximum absolute atomic E-state index is 11.5. The van der Waals surface area contributed by atoms with E-state index in [0.717, 1.165) is 19.1 Å². The highest BCUT2D eigenvalue weighted by atomic mass is 32.2. The summed E-state index contributed by atoms with van der Waals surface area (Å²) < 4.78 is 24.2. The number of carbonyl (C=O) groups excluding carboxylic acids is 1. The van der Waals surface area contributed by atoms with Crippen molar-refractivity contribution in [3.63, 3.8) is 0 Å². The number of nitrogens with one attached hydrogen (secondary N) is 1. The standard InChI is InChI=1S/C11H24N2O3S/c1-5-7-12-11(14)9-13(17(4,15)16)8-6-10(2)3/h10H,5-9H2,1-4H3,(H,12,14). The normalized spacial score (nSPS) is 12.1. The van der Waals surface area contributed by atoms with Crippen LogP contribution in [-0.2, 0) is 14.8 Å². The van der Waals surface area contributed by atoms with E-state index in [-0.39, 0.29) is 12.5 Å². The summed E-state index contributed by atoms with van der Waals surface area (Å²) in [6.07, 6.45) is 2.74. The van der Waals surface area contributed by atoms with E-state index in [1.54, 1.807) is 0 Å². The van der Waals surface area contributed by atoms with E-state index in [2.05, 4.69) is 5.32 Å². The molecule has 0 saturated carbocycles. The average Bonchev–Trinajstić information content (AvgIpc) is 2.19. The fourth-order valence-corrected chi connectivity index (χ4v) is 2.03. The molecule has 0 radical (unpaired) electrons. The third-order valence-electron chi connectivity index (χ3n) is 2.32. The summed E-state index contributed by atoms with van der Waals surface area (Å²) >= 11 is 0. The fourth-order valence-electron chi connectivity index (χ4n) is 1.24. The highest BCUT2D eigenvalue weighted by Gasteiger charge is 2.19. The van der Waals surface area contributed by atoms with Crippen molar-refractivity contribution >= 4 is 15.9 Å². The molecule has 102 valence electrons. The van der Waals surface area contributed by atoms with E-state index in [1.807, 2.05) is 20.8 Å². The van der Waals surface area contributed by atoms with Gasteiger partial charge in [0.2, 0.25) is 15.9 Å². The zero-order valence-electron chi connectivity index (χ0n) is 11.2. The van der Waals surface area contributed by atoms with E-state index in [4.69, 9.17) is 0 Å². The van der Waals surface area contributed by atoms with Crippen molar-refractivity contribution in [1.29, 1.82) is 0 Å². The van der Waals surface area contributed by atoms with E-state index in [0.29, 0.717) is 19.0 Å². The fraction of sp³-hybridized carbons (Fsp3) is 0.909. The summed E-state index contributed by atoms with van der Waals surface area (Å²) in [5, 5.41) is 2.68. The van der Waals surface area contributed by atoms with E-state index in [1.165, 1.54) is 4.31 Å². The third-order valence-corrected chi connectivity index (χ3v) is 3.57. The van der Waals surface area contributed by atoms with Gasteiger partial charge in [-0.1, -0.05) is 20.8 Å². The van der Waals surface area contributed by atoms with Crippen LogP contribution in [0.15, 0.2) is 0 Å². The van der Waals surface area contributed by atoms with Crippen LogP contribution in [0.25, 0.3) is 0 Å². The summed E-state index contributed by atoms with van der Waals surface area (Å²) in [6.45, 7) is 6.91. The lowest BCUT2D eigenvalue weighted by molar-refractivity contribution is -0.121. The highest BCUT2D eigenvalue weighted by Crippen LogP contribution is 2.05. The Morgan fingerprint density at radius 3 is 2.35 bits per heavy atom. The predicted octanol–water partition coefficient (Wildman–Crippen LogP) is 0.820. The molecule has 0 unspecified atom stereocenters. The van der Waals surface area contributed by atoms with Gasteiger partial charge in [-0.2, -0.15) is 4.31 Å². The number of nitrogens with zero attached hydrogens (tertiary/aromatic N) is 1. The second-order valence-electron chi connectivity index (χ2n) is 4.63. The van der Waals surface area contributed by atoms with Crippen molar-refractivity contribution in [1.82, 2.24) is 9.62 Å². The second-order valence-corrected chi connectivity index (χ2v) is 6.61. The average molecular weight is 264 g/mol. The molecule has 0 aliphatic rings. The van der Waals surface area contributed by atoms with Crippen LogP contribution in [0, 0.1) is 5.92 Å². The molecule has 0 atom stereocenters. The van der Waals surface area contributed by atoms with Gasteiger partial charge in [0.05, 0.1) is 12.8 Å². The van der Waals surface area contributed by atoms with Gasteiger partial charge in [0.1, 0.15) is 0 Å². The smallest absolute Gasteiger partial charge is 0.235 e. The molecular weight excluding hydrogens is 240 g/mol. The van der Waals surface area contributed by atoms with E-state index >= 15 is 0 Å². The van der Waals surface area contributed by atoms with Gasteiger partial charge in [-0.15, -0.1) is 0 Å². The van der Waals surface area contributed by atoms with Gasteiger partial charge in [0, 0.05) is 13.1 Å². The summed E-state index contributed by atoms with van der Waals surface area (Å²) in [5.74, 6) is 0.180. The zero-order valence-corrected chi connectivity index (χ0v) is 12.0. The lowest BCUT2D eigenvalue weighted by Crippen LogP contribution is -2.41. The minimum Gasteiger partial charge on any atom is -0.355 e. The van der Waals surface area contributed by atoms with Crippen LogP contribution in [0.1, 0.15) is 33.6 Å². The number of amides is 1. The number of rotatable bonds is 8. The number of hydrogen-bond acceptors (Lipinski definition) is 3. The van der Waals surface area contributed by atoms with Crippen molar-refractivity contribution in [2.24, 2.45) is 5.92 Å². The molecule has 0 aromatic carbocycles. The molecule has 1 N–H and O–H groups in total. The molecule has 0 aromatic heterocycles. The van der Waals surface area contributed by atoms with Crippen LogP contribution < -0.4 is 5.32 Å². The van der Waals surface area contributed by atoms with Gasteiger partial charge in [0.15, 0.2) is 0 Å². The van der Waals surface area contributed by atoms with Gasteiger partial charge in [-0.3, -0.25) is 4.79 Å². The lowest BCUT2D eigenvalue weighted by Gasteiger charge is -2.20. The summed E-state index contributed by atoms with van der Waals surface area (Å²) in [4.78, 5) is 11.5. The van der Waals surface area contributed by atoms with Crippen LogP contribution in [0.2, 0.25) is 0 Å². The molecule has 0 saturated heterocycles. The minimum atomic E-state index is -3.31. The van der Waals surface area contributed by atoms with Gasteiger partial charge in [-0.05, 0) is 18.8 Å². The van der Waals surface area contributed by atoms with E-state index < -0.39 is 10.0 Å². The van der Waals surface area contributed by atoms with E-state index in [9.17, 15) is 13.2 Å². The maximum Gasteiger partial charge on any atom is 0.235 e. The Hall–Kier alpha value is -0.620. The first-order chi connectivity index (χ1) is 7.77. The lowest BCUT2D eigenvalue weighted by atomic mass is 10.1. The van der Waals surface area contributed by atoms with Crippen molar-refractivity contribution in [3.8, 4) is 0 Å². The van der Waals surface area contributed by atoms with Crippen LogP contribution in [0.3, 0.4) is 0 Å². The summed E-state index contributed by atoms with van der Waals surface area (Å²) in [5.41, 5.74) is 0. The van der Waals surface area contributed by atoms with Gasteiger partial charge >= 0.3 is 0 Å². The first-order valence-electron chi connectivity index (χ1n) is 5.99. The molecule has 0 aromatic rings. The van der Waals surface area contributed by atoms with Crippen molar-refractivity contribution in [2.45, 2.75) is 33.6 Å². The van der Waals surface area contributed by atoms with Gasteiger partial charge < -0.3 is 5.32 Å². The molecule has 0 heterocycles. The van der Waals surface area contributed by atoms with Gasteiger partial charge in [0.25, 0.3) is 0 Å². The molecule has 0 fully saturated rings. The van der Waals surface area contributed by atoms with Crippen molar-refractivity contribution in [3.05, 3.63) is 0 Å². The van der Waals surface area contributed by atoms with Crippen LogP contribution >= 0.6 is 0 Å². The van der Waals surface area contributed by atoms with Crippen LogP contribution in [0.5, 0.6) is 0 Å². The molecule has 0 bridgehead atoms. The Bertz CT molecular complexity index is 326. The maximum atomic E-state index is 11.5. The van der Waals surface area contributed by atoms with Crippen molar-refractivity contribution < 1.29 is 13.2 Å². The molecular formula is C11H24N2O3S. The predicted molar refractivity (Wildman–Crippen MR) is 69.2 cm³/mol. The SMILES string of the molecule is CCCNC(=O)CN(CCC(C)C)S(C)(=O)=O. The van der Waals surface area contributed by atoms with Crippen LogP contribution in [-0.4, -0.2) is 44.5 Å². The molecule has 5 nitrogen and oxygen atoms in total. The van der Waals surface area contributed by atoms with Crippen LogP contribution in [0.4, 0.5) is 0 Å². The molecule has 0 spiro atoms.